The van der Waals surface area contributed by atoms with E-state index in [2.05, 4.69) is 0 Å². The minimum absolute atomic E-state index is 0.0390. The van der Waals surface area contributed by atoms with Crippen molar-refractivity contribution >= 4 is 61.8 Å². The second kappa shape index (κ2) is 6.03. The number of halogens is 3. The summed E-state index contributed by atoms with van der Waals surface area (Å²) in [5.41, 5.74) is 0. The molecule has 0 aliphatic carbocycles. The highest BCUT2D eigenvalue weighted by Gasteiger charge is 2.22. The third-order valence-electron chi connectivity index (χ3n) is 2.42. The van der Waals surface area contributed by atoms with Crippen molar-refractivity contribution in [3.8, 4) is 0 Å². The van der Waals surface area contributed by atoms with E-state index in [9.17, 15) is 13.2 Å². The van der Waals surface area contributed by atoms with E-state index in [1.54, 1.807) is 6.07 Å². The average molecular weight is 370 g/mol. The van der Waals surface area contributed by atoms with Crippen LogP contribution < -0.4 is 0 Å². The molecule has 0 atom stereocenters. The lowest BCUT2D eigenvalue weighted by molar-refractivity contribution is 0.102. The van der Waals surface area contributed by atoms with Crippen LogP contribution in [0.25, 0.3) is 0 Å². The normalized spacial score (nSPS) is 11.6. The Morgan fingerprint density at radius 3 is 2.30 bits per heavy atom. The number of Topliss-reactive ketones (excluding diaryl/α,β-unsaturated/α-hetero) is 1. The fraction of sp³-hybridized carbons (Fsp3) is 0.0833. The van der Waals surface area contributed by atoms with Crippen LogP contribution in [0, 0.1) is 0 Å². The van der Waals surface area contributed by atoms with Gasteiger partial charge in [-0.2, -0.15) is 0 Å². The Balaban J connectivity index is 2.27. The van der Waals surface area contributed by atoms with Gasteiger partial charge in [0.1, 0.15) is 5.75 Å². The maximum atomic E-state index is 12.1. The Labute approximate surface area is 135 Å². The number of ketones is 1. The summed E-state index contributed by atoms with van der Waals surface area (Å²) in [6, 6.07) is 6.97. The molecule has 0 aliphatic rings. The summed E-state index contributed by atoms with van der Waals surface area (Å²) in [7, 11) is -3.77. The maximum Gasteiger partial charge on any atom is 0.188 e. The molecule has 0 amide bonds. The van der Waals surface area contributed by atoms with Gasteiger partial charge in [0.2, 0.25) is 0 Å². The van der Waals surface area contributed by atoms with Crippen LogP contribution in [-0.4, -0.2) is 20.0 Å². The molecule has 0 radical (unpaired) electrons. The molecule has 0 spiro atoms. The molecular weight excluding hydrogens is 363 g/mol. The van der Waals surface area contributed by atoms with E-state index in [0.29, 0.717) is 9.21 Å². The van der Waals surface area contributed by atoms with Crippen molar-refractivity contribution in [1.82, 2.24) is 0 Å². The highest BCUT2D eigenvalue weighted by Crippen LogP contribution is 2.27. The molecule has 0 saturated heterocycles. The van der Waals surface area contributed by atoms with Crippen LogP contribution in [0.3, 0.4) is 0 Å². The van der Waals surface area contributed by atoms with Crippen LogP contribution in [0.2, 0.25) is 14.4 Å². The molecule has 0 saturated carbocycles. The van der Waals surface area contributed by atoms with E-state index >= 15 is 0 Å². The van der Waals surface area contributed by atoms with Crippen molar-refractivity contribution in [2.24, 2.45) is 0 Å². The van der Waals surface area contributed by atoms with Crippen LogP contribution in [0.15, 0.2) is 35.2 Å². The summed E-state index contributed by atoms with van der Waals surface area (Å²) in [5.74, 6) is -1.14. The van der Waals surface area contributed by atoms with Crippen molar-refractivity contribution in [2.75, 3.05) is 5.75 Å². The number of hydrogen-bond donors (Lipinski definition) is 0. The minimum atomic E-state index is -3.77. The second-order valence-electron chi connectivity index (χ2n) is 3.86. The van der Waals surface area contributed by atoms with Gasteiger partial charge in [-0.3, -0.25) is 4.79 Å². The van der Waals surface area contributed by atoms with E-state index in [-0.39, 0.29) is 14.9 Å². The topological polar surface area (TPSA) is 51.2 Å². The number of carbonyl (C=O) groups is 1. The smallest absolute Gasteiger partial charge is 0.188 e. The Bertz CT molecular complexity index is 766. The van der Waals surface area contributed by atoms with Gasteiger partial charge in [-0.05, 0) is 30.3 Å². The molecule has 2 rings (SSSR count). The van der Waals surface area contributed by atoms with E-state index in [4.69, 9.17) is 34.8 Å². The van der Waals surface area contributed by atoms with Gasteiger partial charge in [0.25, 0.3) is 0 Å². The maximum absolute atomic E-state index is 12.1. The number of benzene rings is 1. The molecule has 0 unspecified atom stereocenters. The molecule has 0 aliphatic heterocycles. The summed E-state index contributed by atoms with van der Waals surface area (Å²) in [4.78, 5) is 12.2. The minimum Gasteiger partial charge on any atom is -0.292 e. The van der Waals surface area contributed by atoms with Crippen LogP contribution >= 0.6 is 46.1 Å². The molecule has 106 valence electrons. The molecule has 1 heterocycles. The number of thiophene rings is 1. The van der Waals surface area contributed by atoms with Crippen molar-refractivity contribution in [3.63, 3.8) is 0 Å². The van der Waals surface area contributed by atoms with Crippen molar-refractivity contribution in [2.45, 2.75) is 4.90 Å². The first-order valence-corrected chi connectivity index (χ1v) is 8.86. The highest BCUT2D eigenvalue weighted by molar-refractivity contribution is 7.92. The van der Waals surface area contributed by atoms with Gasteiger partial charge in [0.15, 0.2) is 15.6 Å². The predicted molar refractivity (Wildman–Crippen MR) is 82.2 cm³/mol. The molecule has 2 aromatic rings. The summed E-state index contributed by atoms with van der Waals surface area (Å²) in [6.07, 6.45) is 0. The van der Waals surface area contributed by atoms with Crippen LogP contribution in [0.1, 0.15) is 9.67 Å². The average Bonchev–Trinajstić information content (AvgIpc) is 2.79. The number of sulfone groups is 1. The van der Waals surface area contributed by atoms with Gasteiger partial charge < -0.3 is 0 Å². The molecule has 0 fully saturated rings. The molecular formula is C12H7Cl3O3S2. The summed E-state index contributed by atoms with van der Waals surface area (Å²) >= 11 is 18.3. The molecule has 8 heteroatoms. The lowest BCUT2D eigenvalue weighted by atomic mass is 10.3. The second-order valence-corrected chi connectivity index (χ2v) is 8.38. The van der Waals surface area contributed by atoms with Crippen molar-refractivity contribution in [3.05, 3.63) is 49.6 Å². The summed E-state index contributed by atoms with van der Waals surface area (Å²) in [6.45, 7) is 0. The van der Waals surface area contributed by atoms with Gasteiger partial charge in [-0.25, -0.2) is 8.42 Å². The number of hydrogen-bond acceptors (Lipinski definition) is 4. The third-order valence-corrected chi connectivity index (χ3v) is 6.04. The van der Waals surface area contributed by atoms with E-state index in [1.165, 1.54) is 24.3 Å². The lowest BCUT2D eigenvalue weighted by Crippen LogP contribution is -2.15. The quantitative estimate of drug-likeness (QED) is 0.752. The van der Waals surface area contributed by atoms with Gasteiger partial charge in [0.05, 0.1) is 24.2 Å². The Kier molecular flexibility index (Phi) is 4.76. The molecule has 1 aromatic heterocycles. The third kappa shape index (κ3) is 3.54. The lowest BCUT2D eigenvalue weighted by Gasteiger charge is -2.04. The van der Waals surface area contributed by atoms with Gasteiger partial charge in [-0.15, -0.1) is 11.3 Å². The predicted octanol–water partition coefficient (Wildman–Crippen LogP) is 4.36. The fourth-order valence-electron chi connectivity index (χ4n) is 1.46. The van der Waals surface area contributed by atoms with Gasteiger partial charge in [-0.1, -0.05) is 34.8 Å². The van der Waals surface area contributed by atoms with E-state index in [0.717, 1.165) is 11.3 Å². The SMILES string of the molecule is O=C(CS(=O)(=O)c1ccc(Cl)c(Cl)c1)c1ccc(Cl)s1. The first-order valence-electron chi connectivity index (χ1n) is 5.26. The zero-order valence-corrected chi connectivity index (χ0v) is 13.7. The largest absolute Gasteiger partial charge is 0.292 e. The monoisotopic (exact) mass is 368 g/mol. The number of carbonyl (C=O) groups excluding carboxylic acids is 1. The molecule has 0 N–H and O–H groups in total. The Morgan fingerprint density at radius 1 is 1.05 bits per heavy atom. The van der Waals surface area contributed by atoms with Gasteiger partial charge in [0, 0.05) is 0 Å². The molecule has 1 aromatic carbocycles. The van der Waals surface area contributed by atoms with Crippen molar-refractivity contribution in [1.29, 1.82) is 0 Å². The van der Waals surface area contributed by atoms with Crippen LogP contribution in [0.4, 0.5) is 0 Å². The zero-order chi connectivity index (χ0) is 14.9. The molecule has 0 bridgehead atoms. The van der Waals surface area contributed by atoms with Crippen molar-refractivity contribution < 1.29 is 13.2 Å². The zero-order valence-electron chi connectivity index (χ0n) is 9.77. The fourth-order valence-corrected chi connectivity index (χ4v) is 4.14. The molecule has 3 nitrogen and oxygen atoms in total. The first kappa shape index (κ1) is 15.8. The Hall–Kier alpha value is -0.590. The first-order chi connectivity index (χ1) is 9.29. The number of rotatable bonds is 4. The molecule has 20 heavy (non-hydrogen) atoms. The summed E-state index contributed by atoms with van der Waals surface area (Å²) < 4.78 is 24.7. The van der Waals surface area contributed by atoms with Crippen LogP contribution in [0.5, 0.6) is 0 Å². The van der Waals surface area contributed by atoms with E-state index < -0.39 is 21.4 Å². The summed E-state index contributed by atoms with van der Waals surface area (Å²) in [5, 5.41) is 0.376. The van der Waals surface area contributed by atoms with Gasteiger partial charge >= 0.3 is 0 Å². The highest BCUT2D eigenvalue weighted by atomic mass is 35.5. The Morgan fingerprint density at radius 2 is 1.75 bits per heavy atom. The standard InChI is InChI=1S/C12H7Cl3O3S2/c13-8-2-1-7(5-9(8)14)20(17,18)6-10(16)11-3-4-12(15)19-11/h1-5H,6H2. The van der Waals surface area contributed by atoms with Crippen LogP contribution in [-0.2, 0) is 9.84 Å². The van der Waals surface area contributed by atoms with E-state index in [1.807, 2.05) is 0 Å².